The van der Waals surface area contributed by atoms with Crippen molar-refractivity contribution in [2.24, 2.45) is 10.8 Å². The molecule has 17 heavy (non-hydrogen) atoms. The number of hydrogen-bond donors (Lipinski definition) is 2. The molecule has 0 bridgehead atoms. The molecule has 0 aromatic heterocycles. The molecule has 0 radical (unpaired) electrons. The number of guanidine groups is 1. The highest BCUT2D eigenvalue weighted by Gasteiger charge is 2.26. The summed E-state index contributed by atoms with van der Waals surface area (Å²) in [4.78, 5) is 9.34. The third-order valence-corrected chi connectivity index (χ3v) is 3.87. The molecule has 0 unspecified atom stereocenters. The molecule has 0 aromatic rings. The number of hydrazine groups is 1. The second-order valence-corrected chi connectivity index (χ2v) is 5.10. The first kappa shape index (κ1) is 12.6. The van der Waals surface area contributed by atoms with Crippen LogP contribution in [0.15, 0.2) is 4.99 Å². The van der Waals surface area contributed by atoms with E-state index in [1.807, 2.05) is 0 Å². The van der Waals surface area contributed by atoms with E-state index in [-0.39, 0.29) is 0 Å². The van der Waals surface area contributed by atoms with Crippen molar-refractivity contribution in [1.82, 2.24) is 15.2 Å². The predicted octanol–water partition coefficient (Wildman–Crippen LogP) is 0.384. The van der Waals surface area contributed by atoms with E-state index in [9.17, 15) is 0 Å². The van der Waals surface area contributed by atoms with Crippen molar-refractivity contribution in [1.29, 1.82) is 0 Å². The summed E-state index contributed by atoms with van der Waals surface area (Å²) in [6.07, 6.45) is 4.84. The van der Waals surface area contributed by atoms with E-state index in [1.165, 1.54) is 38.8 Å². The molecular weight excluding hydrogens is 214 g/mol. The minimum atomic E-state index is 0.513. The average Bonchev–Trinajstić information content (AvgIpc) is 3.19. The number of piperidine rings is 1. The highest BCUT2D eigenvalue weighted by molar-refractivity contribution is 5.79. The van der Waals surface area contributed by atoms with Crippen LogP contribution in [0.1, 0.15) is 32.6 Å². The van der Waals surface area contributed by atoms with Gasteiger partial charge in [0.15, 0.2) is 0 Å². The molecule has 0 aromatic carbocycles. The van der Waals surface area contributed by atoms with E-state index >= 15 is 0 Å². The first-order chi connectivity index (χ1) is 8.24. The van der Waals surface area contributed by atoms with Crippen LogP contribution in [0.5, 0.6) is 0 Å². The molecule has 2 rings (SSSR count). The van der Waals surface area contributed by atoms with Crippen LogP contribution in [-0.2, 0) is 0 Å². The Morgan fingerprint density at radius 2 is 2.00 bits per heavy atom. The maximum atomic E-state index is 5.58. The zero-order chi connectivity index (χ0) is 12.3. The third kappa shape index (κ3) is 3.33. The van der Waals surface area contributed by atoms with Crippen LogP contribution in [0.25, 0.3) is 0 Å². The average molecular weight is 239 g/mol. The summed E-state index contributed by atoms with van der Waals surface area (Å²) in [6.45, 7) is 5.76. The van der Waals surface area contributed by atoms with Crippen molar-refractivity contribution in [2.45, 2.75) is 44.7 Å². The van der Waals surface area contributed by atoms with Gasteiger partial charge in [0.1, 0.15) is 0 Å². The molecule has 2 fully saturated rings. The summed E-state index contributed by atoms with van der Waals surface area (Å²) in [6, 6.07) is 1.09. The van der Waals surface area contributed by atoms with Crippen molar-refractivity contribution in [3.63, 3.8) is 0 Å². The molecule has 3 N–H and O–H groups in total. The van der Waals surface area contributed by atoms with Crippen LogP contribution >= 0.6 is 0 Å². The van der Waals surface area contributed by atoms with Gasteiger partial charge in [-0.2, -0.15) is 0 Å². The Kier molecular flexibility index (Phi) is 4.23. The van der Waals surface area contributed by atoms with Gasteiger partial charge in [-0.15, -0.1) is 0 Å². The van der Waals surface area contributed by atoms with Crippen molar-refractivity contribution in [2.75, 3.05) is 26.7 Å². The SMILES string of the molecule is CCN1CCC(N(C)C(=NC2CC2)NN)CC1. The lowest BCUT2D eigenvalue weighted by molar-refractivity contribution is 0.169. The number of hydrogen-bond acceptors (Lipinski definition) is 3. The number of nitrogens with two attached hydrogens (primary N) is 1. The van der Waals surface area contributed by atoms with Gasteiger partial charge in [0, 0.05) is 26.2 Å². The van der Waals surface area contributed by atoms with Gasteiger partial charge in [0.05, 0.1) is 6.04 Å². The van der Waals surface area contributed by atoms with Gasteiger partial charge in [-0.05, 0) is 32.2 Å². The highest BCUT2D eigenvalue weighted by Crippen LogP contribution is 2.24. The first-order valence-corrected chi connectivity index (χ1v) is 6.74. The Labute approximate surface area is 104 Å². The van der Waals surface area contributed by atoms with Crippen LogP contribution in [0.2, 0.25) is 0 Å². The molecule has 1 saturated heterocycles. The van der Waals surface area contributed by atoms with Crippen LogP contribution in [0, 0.1) is 0 Å². The molecular formula is C12H25N5. The van der Waals surface area contributed by atoms with E-state index in [4.69, 9.17) is 5.84 Å². The highest BCUT2D eigenvalue weighted by atomic mass is 15.4. The number of likely N-dealkylation sites (tertiary alicyclic amines) is 1. The smallest absolute Gasteiger partial charge is 0.208 e. The predicted molar refractivity (Wildman–Crippen MR) is 70.7 cm³/mol. The summed E-state index contributed by atoms with van der Waals surface area (Å²) >= 11 is 0. The number of nitrogens with one attached hydrogen (secondary N) is 1. The summed E-state index contributed by atoms with van der Waals surface area (Å²) in [5, 5.41) is 0. The van der Waals surface area contributed by atoms with E-state index in [0.29, 0.717) is 12.1 Å². The Bertz CT molecular complexity index is 266. The van der Waals surface area contributed by atoms with Crippen LogP contribution in [0.4, 0.5) is 0 Å². The van der Waals surface area contributed by atoms with Gasteiger partial charge in [-0.1, -0.05) is 6.92 Å². The molecule has 5 nitrogen and oxygen atoms in total. The van der Waals surface area contributed by atoms with Crippen LogP contribution in [-0.4, -0.2) is 54.5 Å². The molecule has 0 atom stereocenters. The molecule has 0 amide bonds. The Morgan fingerprint density at radius 3 is 2.47 bits per heavy atom. The monoisotopic (exact) mass is 239 g/mol. The molecule has 98 valence electrons. The van der Waals surface area contributed by atoms with Gasteiger partial charge in [-0.25, -0.2) is 10.8 Å². The lowest BCUT2D eigenvalue weighted by Gasteiger charge is -2.37. The lowest BCUT2D eigenvalue weighted by atomic mass is 10.0. The first-order valence-electron chi connectivity index (χ1n) is 6.74. The maximum Gasteiger partial charge on any atom is 0.208 e. The van der Waals surface area contributed by atoms with Crippen molar-refractivity contribution in [3.05, 3.63) is 0 Å². The van der Waals surface area contributed by atoms with Gasteiger partial charge in [-0.3, -0.25) is 5.43 Å². The molecule has 1 saturated carbocycles. The minimum absolute atomic E-state index is 0.513. The van der Waals surface area contributed by atoms with Gasteiger partial charge >= 0.3 is 0 Å². The quantitative estimate of drug-likeness (QED) is 0.324. The fourth-order valence-corrected chi connectivity index (χ4v) is 2.40. The number of aliphatic imine (C=N–C) groups is 1. The summed E-state index contributed by atoms with van der Waals surface area (Å²) < 4.78 is 0. The van der Waals surface area contributed by atoms with E-state index in [2.05, 4.69) is 34.2 Å². The zero-order valence-electron chi connectivity index (χ0n) is 11.0. The second kappa shape index (κ2) is 5.69. The lowest BCUT2D eigenvalue weighted by Crippen LogP contribution is -2.51. The molecule has 1 aliphatic heterocycles. The number of nitrogens with zero attached hydrogens (tertiary/aromatic N) is 3. The normalized spacial score (nSPS) is 23.8. The third-order valence-electron chi connectivity index (χ3n) is 3.87. The Balaban J connectivity index is 1.88. The van der Waals surface area contributed by atoms with Gasteiger partial charge in [0.2, 0.25) is 5.96 Å². The molecule has 5 heteroatoms. The van der Waals surface area contributed by atoms with E-state index in [0.717, 1.165) is 12.5 Å². The van der Waals surface area contributed by atoms with E-state index in [1.54, 1.807) is 0 Å². The Morgan fingerprint density at radius 1 is 1.35 bits per heavy atom. The summed E-state index contributed by atoms with van der Waals surface area (Å²) in [7, 11) is 2.10. The molecule has 1 heterocycles. The Hall–Kier alpha value is -0.810. The largest absolute Gasteiger partial charge is 0.342 e. The molecule has 1 aliphatic carbocycles. The maximum absolute atomic E-state index is 5.58. The van der Waals surface area contributed by atoms with Crippen LogP contribution in [0.3, 0.4) is 0 Å². The number of rotatable bonds is 3. The van der Waals surface area contributed by atoms with Crippen LogP contribution < -0.4 is 11.3 Å². The standard InChI is InChI=1S/C12H25N5/c1-3-17-8-6-11(7-9-17)16(2)12(15-13)14-10-4-5-10/h10-11H,3-9,13H2,1-2H3,(H,14,15). The zero-order valence-corrected chi connectivity index (χ0v) is 11.0. The second-order valence-electron chi connectivity index (χ2n) is 5.10. The van der Waals surface area contributed by atoms with Gasteiger partial charge in [0.25, 0.3) is 0 Å². The fourth-order valence-electron chi connectivity index (χ4n) is 2.40. The van der Waals surface area contributed by atoms with E-state index < -0.39 is 0 Å². The van der Waals surface area contributed by atoms with Crippen molar-refractivity contribution in [3.8, 4) is 0 Å². The van der Waals surface area contributed by atoms with Crippen molar-refractivity contribution < 1.29 is 0 Å². The molecule has 0 spiro atoms. The van der Waals surface area contributed by atoms with Gasteiger partial charge < -0.3 is 9.80 Å². The van der Waals surface area contributed by atoms with Crippen molar-refractivity contribution >= 4 is 5.96 Å². The molecule has 2 aliphatic rings. The minimum Gasteiger partial charge on any atom is -0.342 e. The summed E-state index contributed by atoms with van der Waals surface area (Å²) in [5.41, 5.74) is 2.76. The topological polar surface area (TPSA) is 56.9 Å². The fraction of sp³-hybridized carbons (Fsp3) is 0.917. The summed E-state index contributed by atoms with van der Waals surface area (Å²) in [5.74, 6) is 6.44.